The van der Waals surface area contributed by atoms with E-state index in [1.165, 1.54) is 38.6 Å². The van der Waals surface area contributed by atoms with E-state index in [4.69, 9.17) is 8.83 Å². The van der Waals surface area contributed by atoms with E-state index in [1.807, 2.05) is 0 Å². The van der Waals surface area contributed by atoms with Gasteiger partial charge in [-0.3, -0.25) is 0 Å². The Labute approximate surface area is 395 Å². The van der Waals surface area contributed by atoms with Crippen molar-refractivity contribution in [2.45, 2.75) is 24.8 Å². The lowest BCUT2D eigenvalue weighted by atomic mass is 9.85. The van der Waals surface area contributed by atoms with Crippen LogP contribution in [0.3, 0.4) is 0 Å². The van der Waals surface area contributed by atoms with Crippen LogP contribution in [0.25, 0.3) is 78.2 Å². The lowest BCUT2D eigenvalue weighted by Crippen LogP contribution is -2.12. The van der Waals surface area contributed by atoms with Gasteiger partial charge in [-0.15, -0.1) is 0 Å². The van der Waals surface area contributed by atoms with Gasteiger partial charge < -0.3 is 19.1 Å². The minimum atomic E-state index is 0.0631. The molecule has 13 rings (SSSR count). The van der Waals surface area contributed by atoms with E-state index in [2.05, 4.69) is 247 Å². The molecule has 4 heteroatoms. The summed E-state index contributed by atoms with van der Waals surface area (Å²) in [7, 11) is 0. The second-order valence-electron chi connectivity index (χ2n) is 17.9. The molecule has 2 aliphatic carbocycles. The van der Waals surface area contributed by atoms with Gasteiger partial charge in [-0.2, -0.15) is 0 Å². The van der Waals surface area contributed by atoms with Crippen LogP contribution in [0.1, 0.15) is 53.0 Å². The molecule has 0 radical (unpaired) electrons. The van der Waals surface area contributed by atoms with Crippen LogP contribution in [0.2, 0.25) is 0 Å². The van der Waals surface area contributed by atoms with Crippen molar-refractivity contribution in [2.24, 2.45) is 0 Å². The molecule has 2 atom stereocenters. The molecule has 2 heterocycles. The molecule has 0 spiro atoms. The number of hydrogen-bond donors (Lipinski definition) is 1. The Morgan fingerprint density at radius 1 is 0.412 bits per heavy atom. The molecule has 9 aromatic carbocycles. The van der Waals surface area contributed by atoms with Gasteiger partial charge in [-0.25, -0.2) is 0 Å². The van der Waals surface area contributed by atoms with Gasteiger partial charge in [0.25, 0.3) is 0 Å². The van der Waals surface area contributed by atoms with E-state index in [0.717, 1.165) is 91.3 Å². The fourth-order valence-corrected chi connectivity index (χ4v) is 10.6. The van der Waals surface area contributed by atoms with E-state index in [-0.39, 0.29) is 12.0 Å². The number of anilines is 4. The Kier molecular flexibility index (Phi) is 9.75. The Bertz CT molecular complexity index is 3690. The Morgan fingerprint density at radius 2 is 0.971 bits per heavy atom. The monoisotopic (exact) mass is 874 g/mol. The number of hydrogen-bond acceptors (Lipinski definition) is 4. The maximum atomic E-state index is 6.98. The summed E-state index contributed by atoms with van der Waals surface area (Å²) in [6.45, 7) is 0. The standard InChI is InChI=1S/C64H46N2O2/c1-3-14-47(15-4-1)52-21-10-23-54-56-25-12-27-58(63(56)67-61(52)54)65-49-38-34-44(35-39-49)42-30-32-43(33-31-42)45-36-40-50(41-37-45)66(59-28-9-19-46-18-7-8-20-51(46)59)60-29-13-26-57-55-24-11-22-53(62(55)68-64(57)60)48-16-5-2-6-17-48/h1-20,22-26,28-41,52,58,65H,21,27H2. The molecule has 4 nitrogen and oxygen atoms in total. The molecular weight excluding hydrogens is 829 g/mol. The van der Waals surface area contributed by atoms with E-state index < -0.39 is 0 Å². The van der Waals surface area contributed by atoms with Crippen LogP contribution in [0, 0.1) is 0 Å². The zero-order valence-electron chi connectivity index (χ0n) is 37.3. The molecule has 0 saturated heterocycles. The van der Waals surface area contributed by atoms with E-state index >= 15 is 0 Å². The molecule has 0 bridgehead atoms. The molecule has 0 saturated carbocycles. The maximum Gasteiger partial charge on any atom is 0.159 e. The normalized spacial score (nSPS) is 15.1. The van der Waals surface area contributed by atoms with Gasteiger partial charge >= 0.3 is 0 Å². The summed E-state index contributed by atoms with van der Waals surface area (Å²) in [6.07, 6.45) is 10.9. The van der Waals surface area contributed by atoms with Crippen LogP contribution >= 0.6 is 0 Å². The van der Waals surface area contributed by atoms with Crippen molar-refractivity contribution in [3.8, 4) is 33.4 Å². The third kappa shape index (κ3) is 6.92. The molecule has 0 amide bonds. The Balaban J connectivity index is 0.781. The van der Waals surface area contributed by atoms with Gasteiger partial charge in [-0.1, -0.05) is 200 Å². The summed E-state index contributed by atoms with van der Waals surface area (Å²) in [4.78, 5) is 2.35. The fraction of sp³-hybridized carbons (Fsp3) is 0.0625. The first-order valence-corrected chi connectivity index (χ1v) is 23.6. The molecule has 11 aromatic rings. The zero-order chi connectivity index (χ0) is 45.0. The van der Waals surface area contributed by atoms with Gasteiger partial charge in [0.2, 0.25) is 0 Å². The SMILES string of the molecule is C1=Cc2c(oc3c2C=CCC3c2ccccc2)C(Nc2ccc(-c3ccc(-c4ccc(N(c5cccc6ccccc56)c5cccc6c5oc5c(-c7ccccc7)cccc56)cc4)cc3)cc2)C1. The molecule has 0 aliphatic heterocycles. The first-order chi connectivity index (χ1) is 33.7. The largest absolute Gasteiger partial charge is 0.462 e. The van der Waals surface area contributed by atoms with Crippen LogP contribution < -0.4 is 10.2 Å². The van der Waals surface area contributed by atoms with E-state index in [0.29, 0.717) is 0 Å². The molecule has 1 N–H and O–H groups in total. The van der Waals surface area contributed by atoms with Gasteiger partial charge in [-0.05, 0) is 88.0 Å². The number of nitrogens with zero attached hydrogens (tertiary/aromatic N) is 1. The van der Waals surface area contributed by atoms with Crippen molar-refractivity contribution >= 4 is 67.6 Å². The summed E-state index contributed by atoms with van der Waals surface area (Å²) in [6, 6.07) is 76.0. The van der Waals surface area contributed by atoms with Gasteiger partial charge in [0.05, 0.1) is 17.4 Å². The van der Waals surface area contributed by atoms with Crippen LogP contribution in [0.5, 0.6) is 0 Å². The number of rotatable bonds is 9. The highest BCUT2D eigenvalue weighted by molar-refractivity contribution is 6.14. The van der Waals surface area contributed by atoms with Crippen molar-refractivity contribution in [1.29, 1.82) is 0 Å². The van der Waals surface area contributed by atoms with Crippen molar-refractivity contribution in [2.75, 3.05) is 10.2 Å². The number of allylic oxidation sites excluding steroid dienone is 1. The van der Waals surface area contributed by atoms with E-state index in [1.54, 1.807) is 0 Å². The predicted octanol–water partition coefficient (Wildman–Crippen LogP) is 17.9. The number of furan rings is 2. The van der Waals surface area contributed by atoms with Crippen molar-refractivity contribution in [1.82, 2.24) is 0 Å². The highest BCUT2D eigenvalue weighted by atomic mass is 16.3. The van der Waals surface area contributed by atoms with Gasteiger partial charge in [0.1, 0.15) is 17.1 Å². The summed E-state index contributed by atoms with van der Waals surface area (Å²) >= 11 is 0. The molecule has 2 unspecified atom stereocenters. The number of fused-ring (bicyclic) bond motifs is 7. The third-order valence-electron chi connectivity index (χ3n) is 13.9. The first kappa shape index (κ1) is 39.7. The molecule has 2 aliphatic rings. The Hall–Kier alpha value is -8.60. The Morgan fingerprint density at radius 3 is 1.72 bits per heavy atom. The highest BCUT2D eigenvalue weighted by Crippen LogP contribution is 2.47. The zero-order valence-corrected chi connectivity index (χ0v) is 37.3. The predicted molar refractivity (Wildman–Crippen MR) is 283 cm³/mol. The lowest BCUT2D eigenvalue weighted by molar-refractivity contribution is 0.425. The topological polar surface area (TPSA) is 41.6 Å². The summed E-state index contributed by atoms with van der Waals surface area (Å²) in [5, 5.41) is 8.34. The quantitative estimate of drug-likeness (QED) is 0.157. The van der Waals surface area contributed by atoms with Gasteiger partial charge in [0.15, 0.2) is 5.58 Å². The van der Waals surface area contributed by atoms with Crippen LogP contribution in [0.4, 0.5) is 22.7 Å². The smallest absolute Gasteiger partial charge is 0.159 e. The molecule has 68 heavy (non-hydrogen) atoms. The van der Waals surface area contributed by atoms with Crippen molar-refractivity contribution < 1.29 is 8.83 Å². The summed E-state index contributed by atoms with van der Waals surface area (Å²) in [5.41, 5.74) is 16.5. The second kappa shape index (κ2) is 16.7. The minimum absolute atomic E-state index is 0.0631. The first-order valence-electron chi connectivity index (χ1n) is 23.6. The fourth-order valence-electron chi connectivity index (χ4n) is 10.6. The summed E-state index contributed by atoms with van der Waals surface area (Å²) in [5.74, 6) is 2.34. The van der Waals surface area contributed by atoms with E-state index in [9.17, 15) is 0 Å². The minimum Gasteiger partial charge on any atom is -0.462 e. The van der Waals surface area contributed by atoms with Crippen LogP contribution in [-0.4, -0.2) is 0 Å². The maximum absolute atomic E-state index is 6.98. The molecule has 0 fully saturated rings. The van der Waals surface area contributed by atoms with Crippen LogP contribution in [0.15, 0.2) is 233 Å². The average molecular weight is 875 g/mol. The van der Waals surface area contributed by atoms with Crippen LogP contribution in [-0.2, 0) is 0 Å². The molecule has 324 valence electrons. The lowest BCUT2D eigenvalue weighted by Gasteiger charge is -2.27. The molecule has 2 aromatic heterocycles. The summed E-state index contributed by atoms with van der Waals surface area (Å²) < 4.78 is 13.7. The third-order valence-corrected chi connectivity index (χ3v) is 13.9. The number of para-hydroxylation sites is 2. The average Bonchev–Trinajstić information content (AvgIpc) is 4.00. The second-order valence-corrected chi connectivity index (χ2v) is 17.9. The molecular formula is C64H46N2O2. The van der Waals surface area contributed by atoms with Crippen molar-refractivity contribution in [3.63, 3.8) is 0 Å². The number of nitrogens with one attached hydrogen (secondary N) is 1. The number of benzene rings is 9. The highest BCUT2D eigenvalue weighted by Gasteiger charge is 2.31. The van der Waals surface area contributed by atoms with Gasteiger partial charge in [0, 0.05) is 50.1 Å². The van der Waals surface area contributed by atoms with Crippen molar-refractivity contribution in [3.05, 3.63) is 253 Å².